The summed E-state index contributed by atoms with van der Waals surface area (Å²) < 4.78 is 14.6. The molecule has 2 heterocycles. The van der Waals surface area contributed by atoms with E-state index in [4.69, 9.17) is 5.73 Å². The van der Waals surface area contributed by atoms with Crippen molar-refractivity contribution in [2.75, 3.05) is 17.2 Å². The lowest BCUT2D eigenvalue weighted by atomic mass is 9.95. The molecule has 0 saturated carbocycles. The largest absolute Gasteiger partial charge is 0.383 e. The number of carbonyl (C=O) groups excluding carboxylic acids is 1. The van der Waals surface area contributed by atoms with Crippen LogP contribution in [0.2, 0.25) is 0 Å². The van der Waals surface area contributed by atoms with E-state index in [2.05, 4.69) is 15.6 Å². The minimum atomic E-state index is -0.458. The Morgan fingerprint density at radius 3 is 2.65 bits per heavy atom. The maximum atomic E-state index is 14.6. The molecule has 0 fully saturated rings. The standard InChI is InChI=1S/C19H19FN4O.CH4/c1-19(2,21)9-23-14-8-10(12-4-3-7-22-12)15-17-13(24-18(15)25)6-5-11(20)16(14)17;/h3-8,22-23H,9,21H2,1-2H3,(H,24,25);1H4. The van der Waals surface area contributed by atoms with Gasteiger partial charge in [-0.2, -0.15) is 0 Å². The van der Waals surface area contributed by atoms with Gasteiger partial charge in [0.05, 0.1) is 5.56 Å². The molecule has 0 unspecified atom stereocenters. The van der Waals surface area contributed by atoms with Crippen molar-refractivity contribution in [3.8, 4) is 11.3 Å². The second kappa shape index (κ2) is 6.14. The molecular weight excluding hydrogens is 331 g/mol. The lowest BCUT2D eigenvalue weighted by Gasteiger charge is -2.21. The van der Waals surface area contributed by atoms with E-state index >= 15 is 0 Å². The lowest BCUT2D eigenvalue weighted by Crippen LogP contribution is -2.39. The van der Waals surface area contributed by atoms with Gasteiger partial charge < -0.3 is 21.4 Å². The van der Waals surface area contributed by atoms with E-state index in [0.29, 0.717) is 34.3 Å². The maximum absolute atomic E-state index is 14.6. The van der Waals surface area contributed by atoms with E-state index in [1.165, 1.54) is 6.07 Å². The molecule has 5 N–H and O–H groups in total. The summed E-state index contributed by atoms with van der Waals surface area (Å²) in [6, 6.07) is 8.54. The van der Waals surface area contributed by atoms with E-state index < -0.39 is 5.54 Å². The summed E-state index contributed by atoms with van der Waals surface area (Å²) in [5.41, 5.74) is 8.88. The fourth-order valence-electron chi connectivity index (χ4n) is 3.22. The second-order valence-electron chi connectivity index (χ2n) is 7.07. The van der Waals surface area contributed by atoms with E-state index in [1.54, 1.807) is 12.3 Å². The first-order valence-corrected chi connectivity index (χ1v) is 8.12. The van der Waals surface area contributed by atoms with Crippen molar-refractivity contribution in [2.24, 2.45) is 5.73 Å². The Kier molecular flexibility index (Phi) is 4.24. The Morgan fingerprint density at radius 2 is 2.00 bits per heavy atom. The summed E-state index contributed by atoms with van der Waals surface area (Å²) in [4.78, 5) is 15.6. The number of nitrogens with two attached hydrogens (primary N) is 1. The Morgan fingerprint density at radius 1 is 1.23 bits per heavy atom. The number of hydrogen-bond donors (Lipinski definition) is 4. The van der Waals surface area contributed by atoms with Crippen molar-refractivity contribution >= 4 is 28.1 Å². The summed E-state index contributed by atoms with van der Waals surface area (Å²) in [6.45, 7) is 4.26. The molecule has 1 amide bonds. The van der Waals surface area contributed by atoms with Crippen LogP contribution in [0.3, 0.4) is 0 Å². The van der Waals surface area contributed by atoms with Gasteiger partial charge in [0.2, 0.25) is 0 Å². The van der Waals surface area contributed by atoms with Crippen LogP contribution in [0.25, 0.3) is 22.0 Å². The van der Waals surface area contributed by atoms with E-state index in [-0.39, 0.29) is 19.2 Å². The van der Waals surface area contributed by atoms with Crippen LogP contribution in [0.4, 0.5) is 15.8 Å². The van der Waals surface area contributed by atoms with Gasteiger partial charge in [0.15, 0.2) is 0 Å². The zero-order chi connectivity index (χ0) is 17.8. The zero-order valence-corrected chi connectivity index (χ0v) is 14.0. The van der Waals surface area contributed by atoms with Crippen LogP contribution in [0.1, 0.15) is 31.6 Å². The molecule has 0 atom stereocenters. The molecule has 0 radical (unpaired) electrons. The summed E-state index contributed by atoms with van der Waals surface area (Å²) in [6.07, 6.45) is 1.79. The molecule has 1 aliphatic heterocycles. The van der Waals surface area contributed by atoms with Crippen molar-refractivity contribution < 1.29 is 9.18 Å². The Labute approximate surface area is 151 Å². The SMILES string of the molecule is C.CC(C)(N)CNc1cc(-c2ccc[nH]2)c2c3c(ccc(F)c13)NC2=O. The van der Waals surface area contributed by atoms with Crippen LogP contribution >= 0.6 is 0 Å². The molecule has 1 aliphatic rings. The number of hydrogen-bond acceptors (Lipinski definition) is 3. The average Bonchev–Trinajstić information content (AvgIpc) is 3.17. The monoisotopic (exact) mass is 354 g/mol. The predicted molar refractivity (Wildman–Crippen MR) is 105 cm³/mol. The minimum absolute atomic E-state index is 0. The molecule has 4 rings (SSSR count). The molecule has 3 aromatic rings. The molecule has 26 heavy (non-hydrogen) atoms. The Bertz CT molecular complexity index is 987. The molecule has 0 aliphatic carbocycles. The van der Waals surface area contributed by atoms with Gasteiger partial charge in [-0.1, -0.05) is 7.43 Å². The highest BCUT2D eigenvalue weighted by Gasteiger charge is 2.29. The fourth-order valence-corrected chi connectivity index (χ4v) is 3.22. The number of H-pyrrole nitrogens is 1. The second-order valence-corrected chi connectivity index (χ2v) is 7.07. The van der Waals surface area contributed by atoms with Crippen LogP contribution in [-0.2, 0) is 0 Å². The molecule has 5 nitrogen and oxygen atoms in total. The number of carbonyl (C=O) groups is 1. The third kappa shape index (κ3) is 2.82. The predicted octanol–water partition coefficient (Wildman–Crippen LogP) is 4.33. The van der Waals surface area contributed by atoms with Gasteiger partial charge in [-0.15, -0.1) is 0 Å². The van der Waals surface area contributed by atoms with Crippen molar-refractivity contribution in [3.63, 3.8) is 0 Å². The third-order valence-electron chi connectivity index (χ3n) is 4.33. The highest BCUT2D eigenvalue weighted by atomic mass is 19.1. The van der Waals surface area contributed by atoms with Crippen molar-refractivity contribution in [2.45, 2.75) is 26.8 Å². The first-order chi connectivity index (χ1) is 11.8. The van der Waals surface area contributed by atoms with Gasteiger partial charge in [0.25, 0.3) is 5.91 Å². The van der Waals surface area contributed by atoms with Gasteiger partial charge in [-0.05, 0) is 44.2 Å². The molecular formula is C20H23FN4O. The van der Waals surface area contributed by atoms with Crippen molar-refractivity contribution in [1.82, 2.24) is 4.98 Å². The van der Waals surface area contributed by atoms with Gasteiger partial charge in [0.1, 0.15) is 5.82 Å². The van der Waals surface area contributed by atoms with E-state index in [9.17, 15) is 9.18 Å². The smallest absolute Gasteiger partial charge is 0.257 e. The van der Waals surface area contributed by atoms with Gasteiger partial charge >= 0.3 is 0 Å². The number of amides is 1. The summed E-state index contributed by atoms with van der Waals surface area (Å²) in [5, 5.41) is 7.09. The molecule has 2 aromatic carbocycles. The van der Waals surface area contributed by atoms with Crippen LogP contribution in [-0.4, -0.2) is 23.0 Å². The number of aromatic nitrogens is 1. The van der Waals surface area contributed by atoms with Gasteiger partial charge in [-0.3, -0.25) is 4.79 Å². The summed E-state index contributed by atoms with van der Waals surface area (Å²) in [7, 11) is 0. The third-order valence-corrected chi connectivity index (χ3v) is 4.33. The summed E-state index contributed by atoms with van der Waals surface area (Å²) in [5.74, 6) is -0.590. The quantitative estimate of drug-likeness (QED) is 0.563. The van der Waals surface area contributed by atoms with Crippen LogP contribution in [0.15, 0.2) is 36.5 Å². The normalized spacial score (nSPS) is 12.8. The van der Waals surface area contributed by atoms with Gasteiger partial charge in [0, 0.05) is 51.7 Å². The van der Waals surface area contributed by atoms with Crippen molar-refractivity contribution in [1.29, 1.82) is 0 Å². The maximum Gasteiger partial charge on any atom is 0.257 e. The average molecular weight is 354 g/mol. The molecule has 0 spiro atoms. The van der Waals surface area contributed by atoms with E-state index in [0.717, 1.165) is 11.3 Å². The minimum Gasteiger partial charge on any atom is -0.383 e. The lowest BCUT2D eigenvalue weighted by molar-refractivity contribution is 0.103. The molecule has 0 saturated heterocycles. The topological polar surface area (TPSA) is 82.9 Å². The molecule has 136 valence electrons. The molecule has 6 heteroatoms. The number of halogens is 1. The van der Waals surface area contributed by atoms with Gasteiger partial charge in [-0.25, -0.2) is 4.39 Å². The first-order valence-electron chi connectivity index (χ1n) is 8.12. The number of anilines is 2. The number of rotatable bonds is 4. The molecule has 1 aromatic heterocycles. The molecule has 0 bridgehead atoms. The highest BCUT2D eigenvalue weighted by molar-refractivity contribution is 6.28. The number of nitrogens with one attached hydrogen (secondary N) is 3. The number of benzene rings is 2. The first kappa shape index (κ1) is 17.9. The zero-order valence-electron chi connectivity index (χ0n) is 14.0. The summed E-state index contributed by atoms with van der Waals surface area (Å²) >= 11 is 0. The Hall–Kier alpha value is -2.86. The van der Waals surface area contributed by atoms with Crippen LogP contribution in [0, 0.1) is 5.82 Å². The highest BCUT2D eigenvalue weighted by Crippen LogP contribution is 2.43. The number of aromatic amines is 1. The van der Waals surface area contributed by atoms with Crippen LogP contribution < -0.4 is 16.4 Å². The van der Waals surface area contributed by atoms with Crippen molar-refractivity contribution in [3.05, 3.63) is 47.9 Å². The Balaban J connectivity index is 0.00000196. The van der Waals surface area contributed by atoms with Crippen LogP contribution in [0.5, 0.6) is 0 Å². The fraction of sp³-hybridized carbons (Fsp3) is 0.250. The van der Waals surface area contributed by atoms with E-state index in [1.807, 2.05) is 32.0 Å².